The van der Waals surface area contributed by atoms with Crippen molar-refractivity contribution in [3.8, 4) is 0 Å². The van der Waals surface area contributed by atoms with Crippen LogP contribution in [0.25, 0.3) is 0 Å². The molecule has 4 rings (SSSR count). The number of sulfonamides is 1. The van der Waals surface area contributed by atoms with E-state index < -0.39 is 69.6 Å². The van der Waals surface area contributed by atoms with Crippen LogP contribution in [-0.2, 0) is 19.6 Å². The number of hydrogen-bond acceptors (Lipinski definition) is 4. The number of carboxylic acid groups (broad SMARTS) is 1. The van der Waals surface area contributed by atoms with E-state index >= 15 is 0 Å². The average molecular weight is 646 g/mol. The Bertz CT molecular complexity index is 1430. The van der Waals surface area contributed by atoms with Crippen LogP contribution in [0, 0.1) is 11.3 Å². The summed E-state index contributed by atoms with van der Waals surface area (Å²) in [4.78, 5) is 28.1. The van der Waals surface area contributed by atoms with Crippen LogP contribution in [0.2, 0.25) is 10.0 Å². The van der Waals surface area contributed by atoms with Gasteiger partial charge in [-0.25, -0.2) is 8.42 Å². The fourth-order valence-electron chi connectivity index (χ4n) is 6.01. The molecule has 1 amide bonds. The molecule has 12 heteroatoms. The minimum absolute atomic E-state index is 0.151. The molecule has 1 unspecified atom stereocenters. The summed E-state index contributed by atoms with van der Waals surface area (Å²) in [5.74, 6) is -2.41. The third-order valence-electron chi connectivity index (χ3n) is 8.32. The van der Waals surface area contributed by atoms with Gasteiger partial charge in [0, 0.05) is 28.5 Å². The summed E-state index contributed by atoms with van der Waals surface area (Å²) in [7, 11) is -4.49. The van der Waals surface area contributed by atoms with Gasteiger partial charge in [0.1, 0.15) is 0 Å². The zero-order valence-electron chi connectivity index (χ0n) is 23.9. The summed E-state index contributed by atoms with van der Waals surface area (Å²) >= 11 is 12.6. The fourth-order valence-corrected chi connectivity index (χ4v) is 7.60. The third kappa shape index (κ3) is 6.61. The number of carbonyl (C=O) groups is 2. The second kappa shape index (κ2) is 12.0. The zero-order valence-corrected chi connectivity index (χ0v) is 26.3. The van der Waals surface area contributed by atoms with Crippen LogP contribution < -0.4 is 0 Å². The zero-order chi connectivity index (χ0) is 31.2. The van der Waals surface area contributed by atoms with E-state index in [1.54, 1.807) is 49.4 Å². The van der Waals surface area contributed by atoms with Gasteiger partial charge < -0.3 is 10.0 Å². The molecule has 0 aromatic heterocycles. The SMILES string of the molecule is CC(C)(C)S(=O)(=O)N(C[C@H](C1CC1)N1C(=O)[C@@](C)(CC(=O)O)C[C@H](c2cccc(Cl)c2)C1c1ccc(Cl)cc1)C(F)F. The Labute approximate surface area is 255 Å². The summed E-state index contributed by atoms with van der Waals surface area (Å²) < 4.78 is 54.5. The molecule has 42 heavy (non-hydrogen) atoms. The first-order valence-electron chi connectivity index (χ1n) is 13.8. The summed E-state index contributed by atoms with van der Waals surface area (Å²) in [6.45, 7) is 1.68. The Hall–Kier alpha value is -2.27. The quantitative estimate of drug-likeness (QED) is 0.282. The number of halogens is 4. The lowest BCUT2D eigenvalue weighted by Crippen LogP contribution is -2.60. The largest absolute Gasteiger partial charge is 0.481 e. The standard InChI is InChI=1S/C30H36Cl2F2N2O5S/c1-29(2,3)42(40,41)35(28(33)34)17-24(18-8-9-18)36-26(19-10-12-21(31)13-11-19)23(20-6-5-7-22(32)14-20)15-30(4,27(36)39)16-25(37)38/h5-7,10-14,18,23-24,26,28H,8-9,15-17H2,1-4H3,(H,37,38)/t23-,24-,26?,30-/m1/s1. The van der Waals surface area contributed by atoms with E-state index in [4.69, 9.17) is 23.2 Å². The lowest BCUT2D eigenvalue weighted by atomic mass is 9.67. The molecule has 1 aliphatic heterocycles. The molecule has 1 saturated heterocycles. The molecule has 0 spiro atoms. The Kier molecular flexibility index (Phi) is 9.34. The van der Waals surface area contributed by atoms with Crippen LogP contribution in [-0.4, -0.2) is 58.5 Å². The van der Waals surface area contributed by atoms with Crippen molar-refractivity contribution in [3.63, 3.8) is 0 Å². The summed E-state index contributed by atoms with van der Waals surface area (Å²) in [5, 5.41) is 10.7. The highest BCUT2D eigenvalue weighted by Gasteiger charge is 2.56. The molecule has 0 radical (unpaired) electrons. The van der Waals surface area contributed by atoms with Crippen LogP contribution >= 0.6 is 23.2 Å². The molecule has 0 bridgehead atoms. The van der Waals surface area contributed by atoms with E-state index in [0.717, 1.165) is 5.56 Å². The van der Waals surface area contributed by atoms with Gasteiger partial charge in [-0.15, -0.1) is 4.31 Å². The molecule has 1 saturated carbocycles. The highest BCUT2D eigenvalue weighted by atomic mass is 35.5. The number of rotatable bonds is 10. The van der Waals surface area contributed by atoms with Crippen molar-refractivity contribution in [1.82, 2.24) is 9.21 Å². The number of piperidine rings is 1. The van der Waals surface area contributed by atoms with Crippen molar-refractivity contribution in [2.45, 2.75) is 82.7 Å². The minimum Gasteiger partial charge on any atom is -0.481 e. The van der Waals surface area contributed by atoms with Crippen molar-refractivity contribution in [2.24, 2.45) is 11.3 Å². The van der Waals surface area contributed by atoms with Crippen molar-refractivity contribution >= 4 is 45.1 Å². The van der Waals surface area contributed by atoms with Gasteiger partial charge in [-0.05, 0) is 81.3 Å². The fraction of sp³-hybridized carbons (Fsp3) is 0.533. The van der Waals surface area contributed by atoms with Gasteiger partial charge in [0.2, 0.25) is 15.9 Å². The minimum atomic E-state index is -4.49. The number of carboxylic acids is 1. The summed E-state index contributed by atoms with van der Waals surface area (Å²) in [6.07, 6.45) is 0.902. The van der Waals surface area contributed by atoms with Crippen LogP contribution in [0.5, 0.6) is 0 Å². The smallest absolute Gasteiger partial charge is 0.307 e. The van der Waals surface area contributed by atoms with Gasteiger partial charge in [-0.2, -0.15) is 8.78 Å². The van der Waals surface area contributed by atoms with Crippen LogP contribution in [0.4, 0.5) is 8.78 Å². The lowest BCUT2D eigenvalue weighted by Gasteiger charge is -2.52. The van der Waals surface area contributed by atoms with E-state index in [9.17, 15) is 31.9 Å². The maximum Gasteiger partial charge on any atom is 0.307 e. The number of hydrogen-bond donors (Lipinski definition) is 1. The number of aliphatic carboxylic acids is 1. The Morgan fingerprint density at radius 3 is 2.21 bits per heavy atom. The molecule has 1 aliphatic carbocycles. The van der Waals surface area contributed by atoms with E-state index in [0.29, 0.717) is 28.5 Å². The second-order valence-electron chi connectivity index (χ2n) is 12.6. The number of nitrogens with zero attached hydrogens (tertiary/aromatic N) is 2. The highest BCUT2D eigenvalue weighted by molar-refractivity contribution is 7.90. The van der Waals surface area contributed by atoms with Crippen LogP contribution in [0.1, 0.15) is 76.5 Å². The normalized spacial score (nSPS) is 24.3. The molecule has 2 aromatic rings. The second-order valence-corrected chi connectivity index (χ2v) is 16.1. The lowest BCUT2D eigenvalue weighted by molar-refractivity contribution is -0.162. The predicted octanol–water partition coefficient (Wildman–Crippen LogP) is 6.96. The molecule has 2 fully saturated rings. The van der Waals surface area contributed by atoms with E-state index in [1.807, 2.05) is 6.07 Å². The van der Waals surface area contributed by atoms with Crippen LogP contribution in [0.3, 0.4) is 0 Å². The molecule has 1 heterocycles. The van der Waals surface area contributed by atoms with Crippen molar-refractivity contribution in [2.75, 3.05) is 6.54 Å². The van der Waals surface area contributed by atoms with Gasteiger partial charge >= 0.3 is 12.5 Å². The Morgan fingerprint density at radius 2 is 1.71 bits per heavy atom. The van der Waals surface area contributed by atoms with Gasteiger partial charge in [0.05, 0.1) is 22.6 Å². The van der Waals surface area contributed by atoms with Gasteiger partial charge in [-0.1, -0.05) is 54.4 Å². The summed E-state index contributed by atoms with van der Waals surface area (Å²) in [5.41, 5.74) is 0.0233. The first kappa shape index (κ1) is 32.6. The van der Waals surface area contributed by atoms with E-state index in [1.165, 1.54) is 25.7 Å². The molecule has 230 valence electrons. The maximum absolute atomic E-state index is 14.5. The number of carbonyl (C=O) groups excluding carboxylic acids is 1. The Balaban J connectivity index is 1.94. The molecule has 2 aromatic carbocycles. The number of alkyl halides is 2. The first-order chi connectivity index (χ1) is 19.5. The monoisotopic (exact) mass is 644 g/mol. The van der Waals surface area contributed by atoms with E-state index in [2.05, 4.69) is 0 Å². The molecular formula is C30H36Cl2F2N2O5S. The first-order valence-corrected chi connectivity index (χ1v) is 16.0. The molecular weight excluding hydrogens is 609 g/mol. The number of benzene rings is 2. The highest BCUT2D eigenvalue weighted by Crippen LogP contribution is 2.54. The van der Waals surface area contributed by atoms with E-state index in [-0.39, 0.29) is 16.6 Å². The van der Waals surface area contributed by atoms with Gasteiger partial charge in [0.15, 0.2) is 0 Å². The number of likely N-dealkylation sites (tertiary alicyclic amines) is 1. The predicted molar refractivity (Wildman–Crippen MR) is 158 cm³/mol. The Morgan fingerprint density at radius 1 is 1.10 bits per heavy atom. The third-order valence-corrected chi connectivity index (χ3v) is 11.3. The van der Waals surface area contributed by atoms with Crippen molar-refractivity contribution in [3.05, 3.63) is 69.7 Å². The van der Waals surface area contributed by atoms with Crippen molar-refractivity contribution < 1.29 is 31.9 Å². The molecule has 2 aliphatic rings. The molecule has 4 atom stereocenters. The topological polar surface area (TPSA) is 95.0 Å². The summed E-state index contributed by atoms with van der Waals surface area (Å²) in [6, 6.07) is 12.3. The maximum atomic E-state index is 14.5. The van der Waals surface area contributed by atoms with Gasteiger partial charge in [-0.3, -0.25) is 9.59 Å². The van der Waals surface area contributed by atoms with Crippen LogP contribution in [0.15, 0.2) is 48.5 Å². The average Bonchev–Trinajstić information content (AvgIpc) is 3.71. The molecule has 7 nitrogen and oxygen atoms in total. The molecule has 1 N–H and O–H groups in total. The number of amides is 1. The van der Waals surface area contributed by atoms with Crippen molar-refractivity contribution in [1.29, 1.82) is 0 Å². The van der Waals surface area contributed by atoms with Gasteiger partial charge in [0.25, 0.3) is 0 Å².